The highest BCUT2D eigenvalue weighted by Gasteiger charge is 2.27. The molecule has 0 spiro atoms. The van der Waals surface area contributed by atoms with Gasteiger partial charge in [-0.2, -0.15) is 0 Å². The van der Waals surface area contributed by atoms with Gasteiger partial charge in [-0.25, -0.2) is 0 Å². The van der Waals surface area contributed by atoms with E-state index in [-0.39, 0.29) is 5.91 Å². The van der Waals surface area contributed by atoms with Crippen LogP contribution >= 0.6 is 11.3 Å². The second-order valence-electron chi connectivity index (χ2n) is 5.69. The molecule has 2 aliphatic rings. The lowest BCUT2D eigenvalue weighted by Gasteiger charge is -2.26. The summed E-state index contributed by atoms with van der Waals surface area (Å²) in [6, 6.07) is 2.56. The minimum atomic E-state index is 0.202. The fourth-order valence-electron chi connectivity index (χ4n) is 3.01. The molecule has 4 nitrogen and oxygen atoms in total. The largest absolute Gasteiger partial charge is 0.380 e. The second-order valence-corrected chi connectivity index (χ2v) is 6.60. The molecule has 0 saturated carbocycles. The van der Waals surface area contributed by atoms with Gasteiger partial charge in [0.05, 0.1) is 11.5 Å². The molecule has 0 aromatic carbocycles. The van der Waals surface area contributed by atoms with E-state index in [1.165, 1.54) is 5.56 Å². The fourth-order valence-corrected chi connectivity index (χ4v) is 3.88. The zero-order valence-electron chi connectivity index (χ0n) is 12.0. The lowest BCUT2D eigenvalue weighted by molar-refractivity contribution is 0.0761. The Morgan fingerprint density at radius 2 is 2.25 bits per heavy atom. The zero-order valence-corrected chi connectivity index (χ0v) is 12.8. The van der Waals surface area contributed by atoms with Crippen LogP contribution in [0.5, 0.6) is 0 Å². The summed E-state index contributed by atoms with van der Waals surface area (Å²) in [5.74, 6) is 0.202. The van der Waals surface area contributed by atoms with E-state index in [9.17, 15) is 4.79 Å². The number of nitrogens with zero attached hydrogens (tertiary/aromatic N) is 2. The Morgan fingerprint density at radius 1 is 1.35 bits per heavy atom. The first-order valence-electron chi connectivity index (χ1n) is 7.40. The molecule has 1 aromatic heterocycles. The van der Waals surface area contributed by atoms with Crippen molar-refractivity contribution in [1.29, 1.82) is 0 Å². The molecule has 1 aromatic rings. The van der Waals surface area contributed by atoms with Crippen LogP contribution in [0.2, 0.25) is 0 Å². The molecule has 3 heterocycles. The summed E-state index contributed by atoms with van der Waals surface area (Å²) in [5.41, 5.74) is 1.18. The Bertz CT molecular complexity index is 468. The molecular weight excluding hydrogens is 272 g/mol. The highest BCUT2D eigenvalue weighted by Crippen LogP contribution is 2.19. The molecule has 20 heavy (non-hydrogen) atoms. The van der Waals surface area contributed by atoms with Crippen LogP contribution in [0.25, 0.3) is 0 Å². The first-order chi connectivity index (χ1) is 9.74. The molecular formula is C15H22N2O2S. The predicted molar refractivity (Wildman–Crippen MR) is 80.4 cm³/mol. The van der Waals surface area contributed by atoms with Gasteiger partial charge in [0.1, 0.15) is 0 Å². The maximum Gasteiger partial charge on any atom is 0.263 e. The van der Waals surface area contributed by atoms with Crippen molar-refractivity contribution in [3.05, 3.63) is 21.9 Å². The third-order valence-electron chi connectivity index (χ3n) is 4.18. The van der Waals surface area contributed by atoms with Crippen LogP contribution in [0, 0.1) is 6.92 Å². The summed E-state index contributed by atoms with van der Waals surface area (Å²) in [6.45, 7) is 7.56. The number of carbonyl (C=O) groups is 1. The van der Waals surface area contributed by atoms with E-state index in [1.807, 2.05) is 23.3 Å². The molecule has 0 aliphatic carbocycles. The number of ether oxygens (including phenoxy) is 1. The minimum absolute atomic E-state index is 0.202. The number of hydrogen-bond acceptors (Lipinski definition) is 4. The smallest absolute Gasteiger partial charge is 0.263 e. The van der Waals surface area contributed by atoms with Crippen LogP contribution in [0.4, 0.5) is 0 Å². The van der Waals surface area contributed by atoms with Gasteiger partial charge < -0.3 is 9.64 Å². The number of amides is 1. The standard InChI is InChI=1S/C15H22N2O2S/c1-12-9-14(20-11-12)15(18)17-5-2-4-16(6-7-17)13-3-8-19-10-13/h9,11,13H,2-8,10H2,1H3. The maximum absolute atomic E-state index is 12.5. The maximum atomic E-state index is 12.5. The second kappa shape index (κ2) is 6.24. The molecule has 0 N–H and O–H groups in total. The van der Waals surface area contributed by atoms with Crippen LogP contribution in [-0.2, 0) is 4.74 Å². The lowest BCUT2D eigenvalue weighted by Crippen LogP contribution is -2.39. The van der Waals surface area contributed by atoms with Crippen molar-refractivity contribution >= 4 is 17.2 Å². The molecule has 2 fully saturated rings. The first kappa shape index (κ1) is 14.0. The van der Waals surface area contributed by atoms with Crippen molar-refractivity contribution < 1.29 is 9.53 Å². The van der Waals surface area contributed by atoms with Crippen LogP contribution in [0.1, 0.15) is 28.1 Å². The Kier molecular flexibility index (Phi) is 4.38. The average Bonchev–Trinajstić information content (AvgIpc) is 3.05. The molecule has 5 heteroatoms. The number of hydrogen-bond donors (Lipinski definition) is 0. The van der Waals surface area contributed by atoms with Crippen molar-refractivity contribution in [2.75, 3.05) is 39.4 Å². The van der Waals surface area contributed by atoms with Gasteiger partial charge in [-0.1, -0.05) is 0 Å². The summed E-state index contributed by atoms with van der Waals surface area (Å²) >= 11 is 1.56. The number of carbonyl (C=O) groups excluding carboxylic acids is 1. The molecule has 3 rings (SSSR count). The van der Waals surface area contributed by atoms with E-state index in [4.69, 9.17) is 4.74 Å². The van der Waals surface area contributed by atoms with Crippen molar-refractivity contribution in [3.8, 4) is 0 Å². The third-order valence-corrected chi connectivity index (χ3v) is 5.22. The van der Waals surface area contributed by atoms with Gasteiger partial charge in [-0.3, -0.25) is 9.69 Å². The van der Waals surface area contributed by atoms with Crippen molar-refractivity contribution in [2.24, 2.45) is 0 Å². The SMILES string of the molecule is Cc1csc(C(=O)N2CCCN(C3CCOC3)CC2)c1. The summed E-state index contributed by atoms with van der Waals surface area (Å²) in [6.07, 6.45) is 2.20. The molecule has 1 unspecified atom stereocenters. The number of rotatable bonds is 2. The summed E-state index contributed by atoms with van der Waals surface area (Å²) in [5, 5.41) is 2.05. The van der Waals surface area contributed by atoms with Gasteiger partial charge >= 0.3 is 0 Å². The third kappa shape index (κ3) is 3.05. The molecule has 1 atom stereocenters. The molecule has 0 bridgehead atoms. The van der Waals surface area contributed by atoms with E-state index in [2.05, 4.69) is 4.90 Å². The highest BCUT2D eigenvalue weighted by atomic mass is 32.1. The van der Waals surface area contributed by atoms with E-state index < -0.39 is 0 Å². The van der Waals surface area contributed by atoms with Crippen LogP contribution < -0.4 is 0 Å². The van der Waals surface area contributed by atoms with E-state index in [1.54, 1.807) is 11.3 Å². The summed E-state index contributed by atoms with van der Waals surface area (Å²) in [7, 11) is 0. The summed E-state index contributed by atoms with van der Waals surface area (Å²) < 4.78 is 5.48. The summed E-state index contributed by atoms with van der Waals surface area (Å²) in [4.78, 5) is 17.9. The fraction of sp³-hybridized carbons (Fsp3) is 0.667. The minimum Gasteiger partial charge on any atom is -0.380 e. The Labute approximate surface area is 124 Å². The van der Waals surface area contributed by atoms with Gasteiger partial charge in [0.2, 0.25) is 0 Å². The normalized spacial score (nSPS) is 24.9. The lowest BCUT2D eigenvalue weighted by atomic mass is 10.2. The monoisotopic (exact) mass is 294 g/mol. The van der Waals surface area contributed by atoms with Crippen LogP contribution in [0.15, 0.2) is 11.4 Å². The molecule has 1 amide bonds. The molecule has 110 valence electrons. The van der Waals surface area contributed by atoms with E-state index >= 15 is 0 Å². The molecule has 0 radical (unpaired) electrons. The van der Waals surface area contributed by atoms with Crippen molar-refractivity contribution in [2.45, 2.75) is 25.8 Å². The highest BCUT2D eigenvalue weighted by molar-refractivity contribution is 7.12. The Hall–Kier alpha value is -0.910. The Morgan fingerprint density at radius 3 is 2.95 bits per heavy atom. The average molecular weight is 294 g/mol. The van der Waals surface area contributed by atoms with Crippen LogP contribution in [-0.4, -0.2) is 61.1 Å². The van der Waals surface area contributed by atoms with Gasteiger partial charge in [0.25, 0.3) is 5.91 Å². The van der Waals surface area contributed by atoms with E-state index in [0.717, 1.165) is 57.1 Å². The number of thiophene rings is 1. The van der Waals surface area contributed by atoms with Gasteiger partial charge in [-0.05, 0) is 36.8 Å². The molecule has 2 aliphatic heterocycles. The molecule has 2 saturated heterocycles. The Balaban J connectivity index is 1.60. The quantitative estimate of drug-likeness (QED) is 0.836. The van der Waals surface area contributed by atoms with Gasteiger partial charge in [0, 0.05) is 38.8 Å². The predicted octanol–water partition coefficient (Wildman–Crippen LogP) is 1.99. The van der Waals surface area contributed by atoms with Gasteiger partial charge in [-0.15, -0.1) is 11.3 Å². The topological polar surface area (TPSA) is 32.8 Å². The number of aryl methyl sites for hydroxylation is 1. The zero-order chi connectivity index (χ0) is 13.9. The van der Waals surface area contributed by atoms with E-state index in [0.29, 0.717) is 6.04 Å². The van der Waals surface area contributed by atoms with Gasteiger partial charge in [0.15, 0.2) is 0 Å². The van der Waals surface area contributed by atoms with Crippen molar-refractivity contribution in [3.63, 3.8) is 0 Å². The first-order valence-corrected chi connectivity index (χ1v) is 8.28. The van der Waals surface area contributed by atoms with Crippen molar-refractivity contribution in [1.82, 2.24) is 9.80 Å². The van der Waals surface area contributed by atoms with Crippen LogP contribution in [0.3, 0.4) is 0 Å².